The van der Waals surface area contributed by atoms with Gasteiger partial charge in [0.15, 0.2) is 0 Å². The Labute approximate surface area is 80.2 Å². The number of rotatable bonds is 1. The molecule has 0 saturated heterocycles. The highest BCUT2D eigenvalue weighted by molar-refractivity contribution is 9.12. The van der Waals surface area contributed by atoms with Crippen molar-refractivity contribution in [2.24, 2.45) is 0 Å². The highest BCUT2D eigenvalue weighted by Gasteiger charge is 2.21. The molecular weight excluding hydrogens is 220 g/mol. The molecule has 0 atom stereocenters. The van der Waals surface area contributed by atoms with Crippen LogP contribution < -0.4 is 5.32 Å². The van der Waals surface area contributed by atoms with Crippen molar-refractivity contribution in [3.63, 3.8) is 0 Å². The summed E-state index contributed by atoms with van der Waals surface area (Å²) in [5.41, 5.74) is 0.608. The fourth-order valence-corrected chi connectivity index (χ4v) is 1.22. The summed E-state index contributed by atoms with van der Waals surface area (Å²) in [4.78, 5) is 12.9. The molecule has 0 aromatic rings. The Morgan fingerprint density at radius 1 is 1.67 bits per heavy atom. The average Bonchev–Trinajstić information content (AvgIpc) is 1.96. The van der Waals surface area contributed by atoms with Gasteiger partial charge in [-0.2, -0.15) is 0 Å². The molecule has 1 aliphatic rings. The number of carbonyl (C=O) groups excluding carboxylic acids is 1. The van der Waals surface area contributed by atoms with E-state index in [1.807, 2.05) is 13.8 Å². The summed E-state index contributed by atoms with van der Waals surface area (Å²) in [5.74, 6) is 0. The van der Waals surface area contributed by atoms with Gasteiger partial charge in [-0.15, -0.1) is 0 Å². The van der Waals surface area contributed by atoms with Gasteiger partial charge in [-0.05, 0) is 29.8 Å². The maximum atomic E-state index is 11.3. The fraction of sp³-hybridized carbons (Fsp3) is 0.375. The largest absolute Gasteiger partial charge is 0.326 e. The van der Waals surface area contributed by atoms with Gasteiger partial charge in [0.25, 0.3) is 0 Å². The van der Waals surface area contributed by atoms with Crippen molar-refractivity contribution in [1.82, 2.24) is 10.2 Å². The van der Waals surface area contributed by atoms with E-state index in [2.05, 4.69) is 27.8 Å². The Morgan fingerprint density at radius 3 is 2.75 bits per heavy atom. The van der Waals surface area contributed by atoms with Crippen LogP contribution in [0.25, 0.3) is 0 Å². The van der Waals surface area contributed by atoms with Crippen molar-refractivity contribution in [2.75, 3.05) is 0 Å². The van der Waals surface area contributed by atoms with Crippen LogP contribution in [0.15, 0.2) is 23.0 Å². The second-order valence-corrected chi connectivity index (χ2v) is 3.74. The molecule has 3 nitrogen and oxygen atoms in total. The Hall–Kier alpha value is -0.770. The number of nitrogens with zero attached hydrogens (tertiary/aromatic N) is 1. The third-order valence-electron chi connectivity index (χ3n) is 1.59. The van der Waals surface area contributed by atoms with Crippen molar-refractivity contribution in [3.8, 4) is 0 Å². The van der Waals surface area contributed by atoms with Gasteiger partial charge in [-0.25, -0.2) is 4.79 Å². The van der Waals surface area contributed by atoms with Gasteiger partial charge in [-0.3, -0.25) is 4.90 Å². The molecule has 0 aliphatic carbocycles. The molecule has 0 aromatic carbocycles. The molecule has 1 rings (SSSR count). The van der Waals surface area contributed by atoms with Crippen LogP contribution in [0.3, 0.4) is 0 Å². The number of urea groups is 1. The number of halogens is 1. The zero-order chi connectivity index (χ0) is 9.30. The lowest BCUT2D eigenvalue weighted by atomic mass is 10.3. The number of allylic oxidation sites excluding steroid dienone is 1. The van der Waals surface area contributed by atoms with E-state index in [4.69, 9.17) is 0 Å². The minimum atomic E-state index is -0.127. The van der Waals surface area contributed by atoms with E-state index in [1.54, 1.807) is 11.1 Å². The molecule has 66 valence electrons. The first-order valence-electron chi connectivity index (χ1n) is 3.68. The van der Waals surface area contributed by atoms with Gasteiger partial charge in [0.05, 0.1) is 10.2 Å². The highest BCUT2D eigenvalue weighted by atomic mass is 79.9. The Bertz CT molecular complexity index is 258. The standard InChI is InChI=1S/C8H11BrN2O/c1-5(2)11-4-7(9)6(3)10-8(11)12/h4-5H,3H2,1-2H3,(H,10,12). The van der Waals surface area contributed by atoms with E-state index in [0.29, 0.717) is 5.70 Å². The van der Waals surface area contributed by atoms with Crippen LogP contribution in [0.1, 0.15) is 13.8 Å². The number of nitrogens with one attached hydrogen (secondary N) is 1. The van der Waals surface area contributed by atoms with Crippen molar-refractivity contribution in [1.29, 1.82) is 0 Å². The van der Waals surface area contributed by atoms with Gasteiger partial charge < -0.3 is 5.32 Å². The van der Waals surface area contributed by atoms with Crippen molar-refractivity contribution in [3.05, 3.63) is 23.0 Å². The van der Waals surface area contributed by atoms with Crippen LogP contribution in [0.2, 0.25) is 0 Å². The molecule has 12 heavy (non-hydrogen) atoms. The smallest absolute Gasteiger partial charge is 0.307 e. The lowest BCUT2D eigenvalue weighted by Gasteiger charge is -2.28. The Balaban J connectivity index is 2.90. The zero-order valence-corrected chi connectivity index (χ0v) is 8.68. The van der Waals surface area contributed by atoms with E-state index in [1.165, 1.54) is 0 Å². The predicted octanol–water partition coefficient (Wildman–Crippen LogP) is 2.17. The molecule has 1 N–H and O–H groups in total. The minimum Gasteiger partial charge on any atom is -0.307 e. The zero-order valence-electron chi connectivity index (χ0n) is 7.10. The number of carbonyl (C=O) groups is 1. The van der Waals surface area contributed by atoms with Crippen LogP contribution in [0, 0.1) is 0 Å². The van der Waals surface area contributed by atoms with Crippen molar-refractivity contribution >= 4 is 22.0 Å². The van der Waals surface area contributed by atoms with E-state index >= 15 is 0 Å². The SMILES string of the molecule is C=C1NC(=O)N(C(C)C)C=C1Br. The molecule has 0 spiro atoms. The number of hydrogen-bond acceptors (Lipinski definition) is 1. The van der Waals surface area contributed by atoms with Crippen molar-refractivity contribution in [2.45, 2.75) is 19.9 Å². The van der Waals surface area contributed by atoms with Crippen LogP contribution in [0.4, 0.5) is 4.79 Å². The Kier molecular flexibility index (Phi) is 2.57. The molecule has 0 bridgehead atoms. The maximum Gasteiger partial charge on any atom is 0.326 e. The third kappa shape index (κ3) is 1.69. The topological polar surface area (TPSA) is 32.3 Å². The van der Waals surface area contributed by atoms with E-state index in [9.17, 15) is 4.79 Å². The van der Waals surface area contributed by atoms with Crippen LogP contribution >= 0.6 is 15.9 Å². The Morgan fingerprint density at radius 2 is 2.25 bits per heavy atom. The summed E-state index contributed by atoms with van der Waals surface area (Å²) in [6.07, 6.45) is 1.74. The first-order valence-corrected chi connectivity index (χ1v) is 4.47. The van der Waals surface area contributed by atoms with E-state index < -0.39 is 0 Å². The second-order valence-electron chi connectivity index (χ2n) is 2.89. The van der Waals surface area contributed by atoms with Crippen LogP contribution in [0.5, 0.6) is 0 Å². The second kappa shape index (κ2) is 3.31. The first-order chi connectivity index (χ1) is 5.52. The average molecular weight is 231 g/mol. The molecule has 0 radical (unpaired) electrons. The fourth-order valence-electron chi connectivity index (χ4n) is 0.896. The molecule has 0 fully saturated rings. The van der Waals surface area contributed by atoms with Gasteiger partial charge in [0.2, 0.25) is 0 Å². The summed E-state index contributed by atoms with van der Waals surface area (Å²) < 4.78 is 0.816. The molecule has 0 saturated carbocycles. The third-order valence-corrected chi connectivity index (χ3v) is 2.27. The van der Waals surface area contributed by atoms with Gasteiger partial charge >= 0.3 is 6.03 Å². The highest BCUT2D eigenvalue weighted by Crippen LogP contribution is 2.20. The normalized spacial score (nSPS) is 18.0. The molecule has 1 aliphatic heterocycles. The molecule has 2 amide bonds. The maximum absolute atomic E-state index is 11.3. The summed E-state index contributed by atoms with van der Waals surface area (Å²) in [7, 11) is 0. The monoisotopic (exact) mass is 230 g/mol. The molecule has 0 aromatic heterocycles. The predicted molar refractivity (Wildman–Crippen MR) is 51.7 cm³/mol. The quantitative estimate of drug-likeness (QED) is 0.736. The van der Waals surface area contributed by atoms with Crippen LogP contribution in [-0.2, 0) is 0 Å². The molecular formula is C8H11BrN2O. The summed E-state index contributed by atoms with van der Waals surface area (Å²) in [6.45, 7) is 7.56. The van der Waals surface area contributed by atoms with Gasteiger partial charge in [-0.1, -0.05) is 6.58 Å². The first kappa shape index (κ1) is 9.32. The molecule has 4 heteroatoms. The summed E-state index contributed by atoms with van der Waals surface area (Å²) in [6, 6.07) is 0.0313. The van der Waals surface area contributed by atoms with Gasteiger partial charge in [0.1, 0.15) is 0 Å². The van der Waals surface area contributed by atoms with Crippen LogP contribution in [-0.4, -0.2) is 17.0 Å². The lowest BCUT2D eigenvalue weighted by molar-refractivity contribution is 0.207. The summed E-state index contributed by atoms with van der Waals surface area (Å²) in [5, 5.41) is 2.64. The minimum absolute atomic E-state index is 0.127. The van der Waals surface area contributed by atoms with Gasteiger partial charge in [0, 0.05) is 12.2 Å². The molecule has 0 unspecified atom stereocenters. The summed E-state index contributed by atoms with van der Waals surface area (Å²) >= 11 is 3.30. The number of hydrogen-bond donors (Lipinski definition) is 1. The lowest BCUT2D eigenvalue weighted by Crippen LogP contribution is -2.43. The molecule has 1 heterocycles. The number of amides is 2. The van der Waals surface area contributed by atoms with E-state index in [-0.39, 0.29) is 12.1 Å². The van der Waals surface area contributed by atoms with Crippen molar-refractivity contribution < 1.29 is 4.79 Å². The van der Waals surface area contributed by atoms with E-state index in [0.717, 1.165) is 4.48 Å².